The number of aromatic amines is 1. The molecule has 0 aliphatic heterocycles. The number of nitrogens with zero attached hydrogens (tertiary/aromatic N) is 4. The fourth-order valence-corrected chi connectivity index (χ4v) is 4.07. The van der Waals surface area contributed by atoms with E-state index in [1.165, 1.54) is 12.8 Å². The highest BCUT2D eigenvalue weighted by Crippen LogP contribution is 2.33. The molecular formula is C20H27N7O. The van der Waals surface area contributed by atoms with Crippen molar-refractivity contribution in [2.75, 3.05) is 17.7 Å². The molecule has 0 unspecified atom stereocenters. The number of hydrogen-bond donors (Lipinski definition) is 3. The summed E-state index contributed by atoms with van der Waals surface area (Å²) in [5.41, 5.74) is 4.18. The Labute approximate surface area is 163 Å². The summed E-state index contributed by atoms with van der Waals surface area (Å²) in [7, 11) is 1.81. The number of nitrogens with one attached hydrogen (secondary N) is 3. The lowest BCUT2D eigenvalue weighted by Gasteiger charge is -2.14. The standard InChI is InChI=1S/C20H27N7O/c1-4-13-9-12(2)24-19(28)15(13)10-22-17-16-18(26-20(21-3)25-17)27(11-23-16)14-7-5-6-8-14/h9,11,14H,4-8,10H2,1-3H3,(H,24,28)(H2,21,22,25,26). The molecule has 0 spiro atoms. The minimum Gasteiger partial charge on any atom is -0.364 e. The average molecular weight is 381 g/mol. The Morgan fingerprint density at radius 1 is 1.29 bits per heavy atom. The lowest BCUT2D eigenvalue weighted by Crippen LogP contribution is -2.20. The molecule has 8 heteroatoms. The molecule has 0 aromatic carbocycles. The maximum absolute atomic E-state index is 12.4. The number of fused-ring (bicyclic) bond motifs is 1. The molecule has 0 amide bonds. The van der Waals surface area contributed by atoms with E-state index in [4.69, 9.17) is 0 Å². The van der Waals surface area contributed by atoms with Gasteiger partial charge in [-0.25, -0.2) is 4.98 Å². The summed E-state index contributed by atoms with van der Waals surface area (Å²) in [5, 5.41) is 6.37. The van der Waals surface area contributed by atoms with Crippen molar-refractivity contribution in [1.82, 2.24) is 24.5 Å². The van der Waals surface area contributed by atoms with Crippen LogP contribution in [0.4, 0.5) is 11.8 Å². The van der Waals surface area contributed by atoms with Crippen LogP contribution >= 0.6 is 0 Å². The molecule has 3 heterocycles. The largest absolute Gasteiger partial charge is 0.364 e. The van der Waals surface area contributed by atoms with Gasteiger partial charge in [-0.15, -0.1) is 0 Å². The van der Waals surface area contributed by atoms with Gasteiger partial charge in [0, 0.05) is 30.9 Å². The van der Waals surface area contributed by atoms with E-state index in [1.807, 2.05) is 19.3 Å². The molecule has 148 valence electrons. The first-order chi connectivity index (χ1) is 13.6. The number of aromatic nitrogens is 5. The van der Waals surface area contributed by atoms with Gasteiger partial charge < -0.3 is 20.2 Å². The third-order valence-corrected chi connectivity index (χ3v) is 5.54. The van der Waals surface area contributed by atoms with E-state index in [-0.39, 0.29) is 5.56 Å². The smallest absolute Gasteiger partial charge is 0.253 e. The zero-order valence-corrected chi connectivity index (χ0v) is 16.7. The lowest BCUT2D eigenvalue weighted by molar-refractivity contribution is 0.529. The van der Waals surface area contributed by atoms with Crippen LogP contribution in [0.15, 0.2) is 17.2 Å². The third kappa shape index (κ3) is 3.34. The Morgan fingerprint density at radius 3 is 2.79 bits per heavy atom. The van der Waals surface area contributed by atoms with Gasteiger partial charge in [-0.05, 0) is 37.8 Å². The number of pyridine rings is 1. The molecule has 4 rings (SSSR count). The number of anilines is 2. The first kappa shape index (κ1) is 18.5. The molecule has 0 radical (unpaired) electrons. The first-order valence-electron chi connectivity index (χ1n) is 9.98. The van der Waals surface area contributed by atoms with E-state index in [1.54, 1.807) is 7.05 Å². The predicted octanol–water partition coefficient (Wildman–Crippen LogP) is 3.15. The normalized spacial score (nSPS) is 14.7. The van der Waals surface area contributed by atoms with Gasteiger partial charge in [-0.2, -0.15) is 9.97 Å². The Balaban J connectivity index is 1.70. The van der Waals surface area contributed by atoms with Gasteiger partial charge in [0.2, 0.25) is 5.95 Å². The topological polar surface area (TPSA) is 101 Å². The van der Waals surface area contributed by atoms with Crippen molar-refractivity contribution < 1.29 is 0 Å². The van der Waals surface area contributed by atoms with Gasteiger partial charge in [-0.3, -0.25) is 4.79 Å². The SMILES string of the molecule is CCc1cc(C)[nH]c(=O)c1CNc1nc(NC)nc2c1ncn2C1CCCC1. The number of hydrogen-bond acceptors (Lipinski definition) is 6. The van der Waals surface area contributed by atoms with Crippen molar-refractivity contribution >= 4 is 22.9 Å². The van der Waals surface area contributed by atoms with Crippen molar-refractivity contribution in [3.63, 3.8) is 0 Å². The Kier molecular flexibility index (Phi) is 5.02. The minimum absolute atomic E-state index is 0.0556. The van der Waals surface area contributed by atoms with Crippen molar-refractivity contribution in [1.29, 1.82) is 0 Å². The van der Waals surface area contributed by atoms with Gasteiger partial charge in [-0.1, -0.05) is 19.8 Å². The highest BCUT2D eigenvalue weighted by Gasteiger charge is 2.22. The van der Waals surface area contributed by atoms with E-state index < -0.39 is 0 Å². The number of imidazole rings is 1. The number of H-pyrrole nitrogens is 1. The maximum Gasteiger partial charge on any atom is 0.253 e. The van der Waals surface area contributed by atoms with Gasteiger partial charge in [0.15, 0.2) is 17.0 Å². The average Bonchev–Trinajstić information content (AvgIpc) is 3.35. The van der Waals surface area contributed by atoms with E-state index in [0.717, 1.165) is 47.2 Å². The Bertz CT molecular complexity index is 1050. The number of rotatable bonds is 6. The number of aryl methyl sites for hydroxylation is 2. The second-order valence-electron chi connectivity index (χ2n) is 7.40. The molecule has 1 saturated carbocycles. The van der Waals surface area contributed by atoms with Gasteiger partial charge >= 0.3 is 0 Å². The van der Waals surface area contributed by atoms with E-state index in [0.29, 0.717) is 24.4 Å². The second kappa shape index (κ2) is 7.61. The zero-order chi connectivity index (χ0) is 19.7. The predicted molar refractivity (Wildman–Crippen MR) is 111 cm³/mol. The summed E-state index contributed by atoms with van der Waals surface area (Å²) < 4.78 is 2.17. The maximum atomic E-state index is 12.4. The zero-order valence-electron chi connectivity index (χ0n) is 16.7. The fraction of sp³-hybridized carbons (Fsp3) is 0.500. The summed E-state index contributed by atoms with van der Waals surface area (Å²) in [6, 6.07) is 2.48. The van der Waals surface area contributed by atoms with Gasteiger partial charge in [0.1, 0.15) is 0 Å². The third-order valence-electron chi connectivity index (χ3n) is 5.54. The highest BCUT2D eigenvalue weighted by molar-refractivity contribution is 5.84. The van der Waals surface area contributed by atoms with Crippen LogP contribution in [0.3, 0.4) is 0 Å². The Morgan fingerprint density at radius 2 is 2.07 bits per heavy atom. The quantitative estimate of drug-likeness (QED) is 0.606. The molecule has 3 N–H and O–H groups in total. The van der Waals surface area contributed by atoms with E-state index in [2.05, 4.69) is 42.1 Å². The first-order valence-corrected chi connectivity index (χ1v) is 9.98. The van der Waals surface area contributed by atoms with Crippen LogP contribution < -0.4 is 16.2 Å². The molecule has 3 aromatic rings. The molecule has 1 fully saturated rings. The Hall–Kier alpha value is -2.90. The summed E-state index contributed by atoms with van der Waals surface area (Å²) in [6.45, 7) is 4.36. The molecule has 28 heavy (non-hydrogen) atoms. The molecule has 0 bridgehead atoms. The second-order valence-corrected chi connectivity index (χ2v) is 7.40. The van der Waals surface area contributed by atoms with Crippen LogP contribution in [0.25, 0.3) is 11.2 Å². The van der Waals surface area contributed by atoms with Crippen molar-refractivity contribution in [3.8, 4) is 0 Å². The molecule has 1 aliphatic carbocycles. The molecule has 1 aliphatic rings. The summed E-state index contributed by atoms with van der Waals surface area (Å²) >= 11 is 0. The van der Waals surface area contributed by atoms with Crippen LogP contribution in [-0.4, -0.2) is 31.6 Å². The van der Waals surface area contributed by atoms with Gasteiger partial charge in [0.05, 0.1) is 6.33 Å². The summed E-state index contributed by atoms with van der Waals surface area (Å²) in [5.74, 6) is 1.19. The monoisotopic (exact) mass is 381 g/mol. The molecule has 8 nitrogen and oxygen atoms in total. The van der Waals surface area contributed by atoms with Crippen molar-refractivity contribution in [2.24, 2.45) is 0 Å². The summed E-state index contributed by atoms with van der Waals surface area (Å²) in [6.07, 6.45) is 7.48. The van der Waals surface area contributed by atoms with Crippen LogP contribution in [0.2, 0.25) is 0 Å². The molecular weight excluding hydrogens is 354 g/mol. The summed E-state index contributed by atoms with van der Waals surface area (Å²) in [4.78, 5) is 29.1. The van der Waals surface area contributed by atoms with Crippen LogP contribution in [0, 0.1) is 6.92 Å². The minimum atomic E-state index is -0.0556. The van der Waals surface area contributed by atoms with Gasteiger partial charge in [0.25, 0.3) is 5.56 Å². The van der Waals surface area contributed by atoms with Crippen LogP contribution in [0.1, 0.15) is 55.5 Å². The fourth-order valence-electron chi connectivity index (χ4n) is 4.07. The highest BCUT2D eigenvalue weighted by atomic mass is 16.1. The van der Waals surface area contributed by atoms with Crippen molar-refractivity contribution in [2.45, 2.75) is 58.5 Å². The van der Waals surface area contributed by atoms with E-state index in [9.17, 15) is 4.79 Å². The van der Waals surface area contributed by atoms with Crippen molar-refractivity contribution in [3.05, 3.63) is 39.6 Å². The lowest BCUT2D eigenvalue weighted by atomic mass is 10.1. The molecule has 0 atom stereocenters. The van der Waals surface area contributed by atoms with E-state index >= 15 is 0 Å². The molecule has 3 aromatic heterocycles. The van der Waals surface area contributed by atoms with Crippen LogP contribution in [0.5, 0.6) is 0 Å². The molecule has 0 saturated heterocycles. The van der Waals surface area contributed by atoms with Crippen LogP contribution in [-0.2, 0) is 13.0 Å².